The molecule has 0 aliphatic heterocycles. The molecule has 0 fully saturated rings. The van der Waals surface area contributed by atoms with E-state index < -0.39 is 0 Å². The highest BCUT2D eigenvalue weighted by molar-refractivity contribution is 7.99. The topological polar surface area (TPSA) is 88.9 Å². The molecule has 168 valence electrons. The van der Waals surface area contributed by atoms with Gasteiger partial charge in [0.2, 0.25) is 5.91 Å². The number of anilines is 1. The summed E-state index contributed by atoms with van der Waals surface area (Å²) >= 11 is 7.41. The monoisotopic (exact) mass is 471 g/mol. The Morgan fingerprint density at radius 1 is 1.16 bits per heavy atom. The summed E-state index contributed by atoms with van der Waals surface area (Å²) < 4.78 is 1.91. The molecule has 0 saturated heterocycles. The Balaban J connectivity index is 1.64. The molecule has 0 unspecified atom stereocenters. The van der Waals surface area contributed by atoms with Crippen LogP contribution >= 0.6 is 23.4 Å². The van der Waals surface area contributed by atoms with Crippen molar-refractivity contribution in [1.29, 1.82) is 0 Å². The van der Waals surface area contributed by atoms with E-state index in [1.54, 1.807) is 18.2 Å². The van der Waals surface area contributed by atoms with Gasteiger partial charge in [-0.15, -0.1) is 10.2 Å². The summed E-state index contributed by atoms with van der Waals surface area (Å²) in [6.45, 7) is 8.26. The Morgan fingerprint density at radius 3 is 2.62 bits per heavy atom. The standard InChI is InChI=1S/C23H26ClN5O2S/c1-5-29-21(16(4)25-22(31)17-9-6-8-14(2)12-17)27-28-23(29)32-13-20(30)26-19-11-7-10-18(24)15(19)3/h6-12,16H,5,13H2,1-4H3,(H,25,31)(H,26,30)/t16-/m1/s1. The van der Waals surface area contributed by atoms with Crippen LogP contribution in [0.2, 0.25) is 5.02 Å². The Bertz CT molecular complexity index is 1130. The second-order valence-corrected chi connectivity index (χ2v) is 8.75. The second kappa shape index (κ2) is 10.7. The zero-order valence-electron chi connectivity index (χ0n) is 18.5. The molecule has 2 amide bonds. The number of benzene rings is 2. The first-order chi connectivity index (χ1) is 15.3. The number of nitrogens with one attached hydrogen (secondary N) is 2. The first-order valence-corrected chi connectivity index (χ1v) is 11.6. The van der Waals surface area contributed by atoms with Gasteiger partial charge in [-0.2, -0.15) is 0 Å². The highest BCUT2D eigenvalue weighted by Crippen LogP contribution is 2.24. The van der Waals surface area contributed by atoms with Crippen LogP contribution in [0.25, 0.3) is 0 Å². The van der Waals surface area contributed by atoms with Crippen LogP contribution in [0.5, 0.6) is 0 Å². The first kappa shape index (κ1) is 23.8. The average Bonchev–Trinajstić information content (AvgIpc) is 3.18. The Kier molecular flexibility index (Phi) is 7.93. The molecule has 32 heavy (non-hydrogen) atoms. The van der Waals surface area contributed by atoms with Crippen molar-refractivity contribution < 1.29 is 9.59 Å². The fourth-order valence-electron chi connectivity index (χ4n) is 3.21. The lowest BCUT2D eigenvalue weighted by Crippen LogP contribution is -2.28. The maximum absolute atomic E-state index is 12.6. The lowest BCUT2D eigenvalue weighted by atomic mass is 10.1. The van der Waals surface area contributed by atoms with E-state index in [9.17, 15) is 9.59 Å². The predicted molar refractivity (Wildman–Crippen MR) is 128 cm³/mol. The van der Waals surface area contributed by atoms with Crippen LogP contribution in [0.15, 0.2) is 47.6 Å². The fraction of sp³-hybridized carbons (Fsp3) is 0.304. The van der Waals surface area contributed by atoms with E-state index in [-0.39, 0.29) is 23.6 Å². The molecule has 1 aromatic heterocycles. The van der Waals surface area contributed by atoms with Gasteiger partial charge in [0.25, 0.3) is 5.91 Å². The molecule has 0 saturated carbocycles. The predicted octanol–water partition coefficient (Wildman–Crippen LogP) is 4.79. The van der Waals surface area contributed by atoms with Crippen molar-refractivity contribution in [3.05, 3.63) is 70.0 Å². The summed E-state index contributed by atoms with van der Waals surface area (Å²) in [7, 11) is 0. The van der Waals surface area contributed by atoms with Crippen LogP contribution < -0.4 is 10.6 Å². The number of nitrogens with zero attached hydrogens (tertiary/aromatic N) is 3. The van der Waals surface area contributed by atoms with Crippen LogP contribution in [0.4, 0.5) is 5.69 Å². The summed E-state index contributed by atoms with van der Waals surface area (Å²) in [4.78, 5) is 25.0. The number of carbonyl (C=O) groups excluding carboxylic acids is 2. The maximum Gasteiger partial charge on any atom is 0.251 e. The van der Waals surface area contributed by atoms with Crippen LogP contribution in [-0.2, 0) is 11.3 Å². The summed E-state index contributed by atoms with van der Waals surface area (Å²) in [5.74, 6) is 0.487. The lowest BCUT2D eigenvalue weighted by Gasteiger charge is -2.15. The number of aryl methyl sites for hydroxylation is 1. The van der Waals surface area contributed by atoms with E-state index in [4.69, 9.17) is 11.6 Å². The van der Waals surface area contributed by atoms with E-state index in [0.29, 0.717) is 33.8 Å². The minimum Gasteiger partial charge on any atom is -0.342 e. The number of amides is 2. The van der Waals surface area contributed by atoms with E-state index in [1.165, 1.54) is 11.8 Å². The maximum atomic E-state index is 12.6. The minimum atomic E-state index is -0.340. The number of aromatic nitrogens is 3. The molecule has 2 N–H and O–H groups in total. The van der Waals surface area contributed by atoms with Gasteiger partial charge in [0, 0.05) is 22.8 Å². The van der Waals surface area contributed by atoms with E-state index in [2.05, 4.69) is 20.8 Å². The van der Waals surface area contributed by atoms with Crippen LogP contribution in [0, 0.1) is 13.8 Å². The van der Waals surface area contributed by atoms with Gasteiger partial charge in [-0.1, -0.05) is 47.1 Å². The van der Waals surface area contributed by atoms with Crippen LogP contribution in [0.1, 0.15) is 47.2 Å². The van der Waals surface area contributed by atoms with Crippen molar-refractivity contribution in [2.45, 2.75) is 45.4 Å². The van der Waals surface area contributed by atoms with E-state index in [0.717, 1.165) is 11.1 Å². The fourth-order valence-corrected chi connectivity index (χ4v) is 4.20. The molecular formula is C23H26ClN5O2S. The van der Waals surface area contributed by atoms with Crippen molar-refractivity contribution >= 4 is 40.9 Å². The number of carbonyl (C=O) groups is 2. The third kappa shape index (κ3) is 5.69. The third-order valence-corrected chi connectivity index (χ3v) is 6.33. The zero-order chi connectivity index (χ0) is 23.3. The molecule has 3 rings (SSSR count). The van der Waals surface area contributed by atoms with Crippen molar-refractivity contribution in [3.63, 3.8) is 0 Å². The Hall–Kier alpha value is -2.84. The van der Waals surface area contributed by atoms with Gasteiger partial charge in [0.15, 0.2) is 11.0 Å². The van der Waals surface area contributed by atoms with Crippen molar-refractivity contribution in [1.82, 2.24) is 20.1 Å². The van der Waals surface area contributed by atoms with Crippen LogP contribution in [0.3, 0.4) is 0 Å². The molecule has 7 nitrogen and oxygen atoms in total. The molecule has 0 bridgehead atoms. The van der Waals surface area contributed by atoms with E-state index in [1.807, 2.05) is 56.5 Å². The molecule has 0 spiro atoms. The highest BCUT2D eigenvalue weighted by Gasteiger charge is 2.20. The summed E-state index contributed by atoms with van der Waals surface area (Å²) in [5, 5.41) is 15.6. The molecule has 0 aliphatic rings. The SMILES string of the molecule is CCn1c(SCC(=O)Nc2cccc(Cl)c2C)nnc1[C@@H](C)NC(=O)c1cccc(C)c1. The van der Waals surface area contributed by atoms with Gasteiger partial charge in [0.05, 0.1) is 11.8 Å². The highest BCUT2D eigenvalue weighted by atomic mass is 35.5. The first-order valence-electron chi connectivity index (χ1n) is 10.3. The molecule has 0 aliphatic carbocycles. The summed E-state index contributed by atoms with van der Waals surface area (Å²) in [6, 6.07) is 12.5. The molecule has 1 atom stereocenters. The van der Waals surface area contributed by atoms with Gasteiger partial charge < -0.3 is 15.2 Å². The molecule has 1 heterocycles. The molecule has 2 aromatic carbocycles. The average molecular weight is 472 g/mol. The van der Waals surface area contributed by atoms with Crippen molar-refractivity contribution in [2.75, 3.05) is 11.1 Å². The summed E-state index contributed by atoms with van der Waals surface area (Å²) in [6.07, 6.45) is 0. The number of thioether (sulfide) groups is 1. The zero-order valence-corrected chi connectivity index (χ0v) is 20.0. The molecule has 3 aromatic rings. The Morgan fingerprint density at radius 2 is 1.91 bits per heavy atom. The lowest BCUT2D eigenvalue weighted by molar-refractivity contribution is -0.113. The van der Waals surface area contributed by atoms with Gasteiger partial charge in [-0.25, -0.2) is 0 Å². The molecule has 0 radical (unpaired) electrons. The molecular weight excluding hydrogens is 446 g/mol. The second-order valence-electron chi connectivity index (χ2n) is 7.40. The van der Waals surface area contributed by atoms with Gasteiger partial charge in [-0.3, -0.25) is 9.59 Å². The smallest absolute Gasteiger partial charge is 0.251 e. The van der Waals surface area contributed by atoms with Crippen molar-refractivity contribution in [2.24, 2.45) is 0 Å². The minimum absolute atomic E-state index is 0.159. The largest absolute Gasteiger partial charge is 0.342 e. The quantitative estimate of drug-likeness (QED) is 0.461. The Labute approximate surface area is 197 Å². The van der Waals surface area contributed by atoms with Gasteiger partial charge in [0.1, 0.15) is 0 Å². The number of hydrogen-bond donors (Lipinski definition) is 2. The summed E-state index contributed by atoms with van der Waals surface area (Å²) in [5.41, 5.74) is 3.13. The van der Waals surface area contributed by atoms with Gasteiger partial charge >= 0.3 is 0 Å². The van der Waals surface area contributed by atoms with Gasteiger partial charge in [-0.05, 0) is 57.5 Å². The van der Waals surface area contributed by atoms with Crippen molar-refractivity contribution in [3.8, 4) is 0 Å². The normalized spacial score (nSPS) is 11.8. The molecule has 9 heteroatoms. The van der Waals surface area contributed by atoms with Crippen LogP contribution in [-0.4, -0.2) is 32.3 Å². The number of halogens is 1. The number of rotatable bonds is 8. The third-order valence-electron chi connectivity index (χ3n) is 4.95. The van der Waals surface area contributed by atoms with E-state index >= 15 is 0 Å². The number of hydrogen-bond acceptors (Lipinski definition) is 5.